The molecule has 0 heterocycles. The first-order chi connectivity index (χ1) is 10.0. The monoisotopic (exact) mass is 290 g/mol. The van der Waals surface area contributed by atoms with Crippen LogP contribution in [0.1, 0.15) is 25.7 Å². The number of hydrogen-bond donors (Lipinski definition) is 1. The molecule has 7 heteroatoms. The number of methoxy groups -OCH3 is 3. The smallest absolute Gasteiger partial charge is 0.334 e. The molecule has 0 fully saturated rings. The molecule has 20 heavy (non-hydrogen) atoms. The molecular formula is C13H20O7. The zero-order chi connectivity index (χ0) is 16.3. The lowest BCUT2D eigenvalue weighted by Gasteiger charge is -2.11. The molecule has 7 nitrogen and oxygen atoms in total. The van der Waals surface area contributed by atoms with Crippen molar-refractivity contribution in [2.45, 2.75) is 25.7 Å². The number of aliphatic hydroxyl groups excluding tert-OH is 1. The molecule has 0 aromatic carbocycles. The molecule has 0 rings (SSSR count). The summed E-state index contributed by atoms with van der Waals surface area (Å²) in [6.45, 7) is 0.207. The highest BCUT2D eigenvalue weighted by Gasteiger charge is 2.24. The topological polar surface area (TPSA) is 99.1 Å². The van der Waals surface area contributed by atoms with Gasteiger partial charge in [-0.3, -0.25) is 4.79 Å². The fourth-order valence-electron chi connectivity index (χ4n) is 1.54. The SMILES string of the molecule is [3H]OCCCC/C(C(=O)OC)=C(\CC(=O)OC)C(=O)OC. The van der Waals surface area contributed by atoms with Crippen molar-refractivity contribution in [3.05, 3.63) is 11.1 Å². The van der Waals surface area contributed by atoms with Crippen molar-refractivity contribution < 1.29 is 33.7 Å². The number of ether oxygens (including phenoxy) is 3. The van der Waals surface area contributed by atoms with Gasteiger partial charge in [0.2, 0.25) is 1.43 Å². The van der Waals surface area contributed by atoms with Crippen LogP contribution in [-0.2, 0) is 28.6 Å². The van der Waals surface area contributed by atoms with Gasteiger partial charge in [-0.15, -0.1) is 0 Å². The second-order valence-electron chi connectivity index (χ2n) is 3.85. The minimum Gasteiger partial charge on any atom is -0.469 e. The third kappa shape index (κ3) is 5.83. The maximum Gasteiger partial charge on any atom is 0.334 e. The zero-order valence-corrected chi connectivity index (χ0v) is 11.9. The quantitative estimate of drug-likeness (QED) is 0.283. The predicted molar refractivity (Wildman–Crippen MR) is 68.6 cm³/mol. The van der Waals surface area contributed by atoms with E-state index < -0.39 is 17.9 Å². The van der Waals surface area contributed by atoms with Crippen LogP contribution in [0.15, 0.2) is 11.1 Å². The van der Waals surface area contributed by atoms with Crippen LogP contribution in [0.4, 0.5) is 0 Å². The number of rotatable bonds is 9. The second kappa shape index (κ2) is 9.96. The third-order valence-electron chi connectivity index (χ3n) is 2.60. The molecule has 0 saturated carbocycles. The summed E-state index contributed by atoms with van der Waals surface area (Å²) < 4.78 is 20.3. The van der Waals surface area contributed by atoms with Gasteiger partial charge in [-0.25, -0.2) is 9.59 Å². The van der Waals surface area contributed by atoms with E-state index in [0.29, 0.717) is 12.8 Å². The molecule has 0 radical (unpaired) electrons. The summed E-state index contributed by atoms with van der Waals surface area (Å²) in [4.78, 5) is 34.9. The van der Waals surface area contributed by atoms with Crippen molar-refractivity contribution >= 4 is 17.9 Å². The lowest BCUT2D eigenvalue weighted by molar-refractivity contribution is -0.143. The highest BCUT2D eigenvalue weighted by atomic mass is 16.5. The fourth-order valence-corrected chi connectivity index (χ4v) is 1.54. The van der Waals surface area contributed by atoms with Gasteiger partial charge in [-0.05, 0) is 19.3 Å². The lowest BCUT2D eigenvalue weighted by Crippen LogP contribution is -2.18. The average molecular weight is 290 g/mol. The minimum atomic E-state index is -0.780. The normalized spacial score (nSPS) is 12.1. The Kier molecular flexibility index (Phi) is 8.05. The van der Waals surface area contributed by atoms with Crippen LogP contribution in [0.3, 0.4) is 0 Å². The minimum absolute atomic E-state index is 0.0692. The largest absolute Gasteiger partial charge is 0.469 e. The van der Waals surface area contributed by atoms with Gasteiger partial charge in [0.25, 0.3) is 0 Å². The van der Waals surface area contributed by atoms with Crippen LogP contribution in [0.2, 0.25) is 0 Å². The van der Waals surface area contributed by atoms with E-state index in [1.54, 1.807) is 0 Å². The van der Waals surface area contributed by atoms with Gasteiger partial charge in [0.1, 0.15) is 0 Å². The molecule has 0 spiro atoms. The fraction of sp³-hybridized carbons (Fsp3) is 0.615. The van der Waals surface area contributed by atoms with Gasteiger partial charge in [0, 0.05) is 12.2 Å². The standard InChI is InChI=1S/C13H20O7/c1-18-11(15)8-10(13(17)20-3)9(12(16)19-2)6-4-5-7-14/h14H,4-8H2,1-3H3/b10-9-/i14T. The van der Waals surface area contributed by atoms with E-state index in [4.69, 9.17) is 1.43 Å². The summed E-state index contributed by atoms with van der Waals surface area (Å²) in [5.74, 6) is -2.14. The molecule has 0 aromatic heterocycles. The van der Waals surface area contributed by atoms with Gasteiger partial charge in [-0.1, -0.05) is 0 Å². The first-order valence-corrected chi connectivity index (χ1v) is 6.05. The van der Waals surface area contributed by atoms with E-state index in [-0.39, 0.29) is 30.6 Å². The van der Waals surface area contributed by atoms with E-state index in [2.05, 4.69) is 19.3 Å². The molecule has 0 aliphatic carbocycles. The highest BCUT2D eigenvalue weighted by Crippen LogP contribution is 2.19. The zero-order valence-electron chi connectivity index (χ0n) is 12.9. The van der Waals surface area contributed by atoms with E-state index in [1.807, 2.05) is 0 Å². The van der Waals surface area contributed by atoms with Crippen molar-refractivity contribution in [3.8, 4) is 0 Å². The molecule has 0 unspecified atom stereocenters. The van der Waals surface area contributed by atoms with Crippen molar-refractivity contribution in [2.24, 2.45) is 0 Å². The van der Waals surface area contributed by atoms with E-state index >= 15 is 0 Å². The number of hydrogen-bond acceptors (Lipinski definition) is 7. The molecule has 0 bridgehead atoms. The summed E-state index contributed by atoms with van der Waals surface area (Å²) in [6.07, 6.45) is 0.849. The van der Waals surface area contributed by atoms with Crippen molar-refractivity contribution in [1.82, 2.24) is 0 Å². The molecule has 0 saturated heterocycles. The number of aliphatic hydroxyl groups is 1. The Labute approximate surface area is 119 Å². The maximum absolute atomic E-state index is 11.8. The number of unbranched alkanes of at least 4 members (excludes halogenated alkanes) is 1. The van der Waals surface area contributed by atoms with Crippen LogP contribution in [-0.4, -0.2) is 52.4 Å². The first kappa shape index (κ1) is 16.2. The van der Waals surface area contributed by atoms with E-state index in [1.165, 1.54) is 14.2 Å². The molecule has 0 aliphatic heterocycles. The Hall–Kier alpha value is -1.89. The molecule has 0 aromatic rings. The van der Waals surface area contributed by atoms with Gasteiger partial charge in [0.05, 0.1) is 33.3 Å². The van der Waals surface area contributed by atoms with E-state index in [0.717, 1.165) is 7.11 Å². The van der Waals surface area contributed by atoms with Crippen LogP contribution >= 0.6 is 0 Å². The number of carbonyl (C=O) groups excluding carboxylic acids is 3. The van der Waals surface area contributed by atoms with Crippen molar-refractivity contribution in [1.29, 1.82) is 1.43 Å². The maximum atomic E-state index is 11.8. The molecule has 1 N–H and O–H groups in total. The van der Waals surface area contributed by atoms with Crippen LogP contribution in [0.5, 0.6) is 0 Å². The Bertz CT molecular complexity index is 403. The Morgan fingerprint density at radius 1 is 0.950 bits per heavy atom. The van der Waals surface area contributed by atoms with Crippen molar-refractivity contribution in [2.75, 3.05) is 27.9 Å². The second-order valence-corrected chi connectivity index (χ2v) is 3.85. The predicted octanol–water partition coefficient (Wildman–Crippen LogP) is 0.355. The van der Waals surface area contributed by atoms with Gasteiger partial charge in [0.15, 0.2) is 0 Å². The van der Waals surface area contributed by atoms with Crippen molar-refractivity contribution in [3.63, 3.8) is 0 Å². The Balaban J connectivity index is 5.30. The lowest BCUT2D eigenvalue weighted by atomic mass is 9.99. The van der Waals surface area contributed by atoms with Gasteiger partial charge < -0.3 is 19.3 Å². The molecule has 0 atom stereocenters. The Morgan fingerprint density at radius 2 is 1.55 bits per heavy atom. The summed E-state index contributed by atoms with van der Waals surface area (Å²) in [5, 5.41) is 4.17. The van der Waals surface area contributed by atoms with Crippen LogP contribution in [0.25, 0.3) is 0 Å². The summed E-state index contributed by atoms with van der Waals surface area (Å²) >= 11 is 0. The highest BCUT2D eigenvalue weighted by molar-refractivity contribution is 6.03. The van der Waals surface area contributed by atoms with Crippen LogP contribution < -0.4 is 0 Å². The Morgan fingerprint density at radius 3 is 2.05 bits per heavy atom. The molecule has 0 aliphatic rings. The summed E-state index contributed by atoms with van der Waals surface area (Å²) in [6, 6.07) is 0. The number of esters is 3. The van der Waals surface area contributed by atoms with Gasteiger partial charge >= 0.3 is 17.9 Å². The first-order valence-electron chi connectivity index (χ1n) is 6.46. The third-order valence-corrected chi connectivity index (χ3v) is 2.60. The average Bonchev–Trinajstić information content (AvgIpc) is 2.51. The van der Waals surface area contributed by atoms with Gasteiger partial charge in [-0.2, -0.15) is 0 Å². The summed E-state index contributed by atoms with van der Waals surface area (Å²) in [7, 11) is 3.52. The molecule has 0 amide bonds. The molecule has 114 valence electrons. The summed E-state index contributed by atoms with van der Waals surface area (Å²) in [5.41, 5.74) is -0.0114. The molecular weight excluding hydrogens is 268 g/mol. The van der Waals surface area contributed by atoms with Crippen LogP contribution in [0, 0.1) is 0 Å². The number of carbonyl (C=O) groups is 3. The van der Waals surface area contributed by atoms with E-state index in [9.17, 15) is 14.4 Å².